The molecule has 0 saturated carbocycles. The SMILES string of the molecule is O=C(CN1C(=O)CSc2ccccc21)OCc1noc(-c2ccsc2)n1. The molecule has 3 aromatic rings. The number of para-hydroxylation sites is 1. The monoisotopic (exact) mass is 387 g/mol. The summed E-state index contributed by atoms with van der Waals surface area (Å²) in [5, 5.41) is 7.60. The summed E-state index contributed by atoms with van der Waals surface area (Å²) in [6.07, 6.45) is 0. The molecule has 2 aromatic heterocycles. The van der Waals surface area contributed by atoms with Gasteiger partial charge in [-0.3, -0.25) is 14.5 Å². The predicted molar refractivity (Wildman–Crippen MR) is 96.9 cm³/mol. The van der Waals surface area contributed by atoms with Crippen LogP contribution in [0.2, 0.25) is 0 Å². The van der Waals surface area contributed by atoms with E-state index in [1.54, 1.807) is 0 Å². The van der Waals surface area contributed by atoms with Crippen molar-refractivity contribution >= 4 is 40.7 Å². The highest BCUT2D eigenvalue weighted by Gasteiger charge is 2.26. The zero-order valence-corrected chi connectivity index (χ0v) is 15.1. The lowest BCUT2D eigenvalue weighted by Gasteiger charge is -2.27. The molecule has 0 aliphatic carbocycles. The molecule has 0 N–H and O–H groups in total. The normalized spacial score (nSPS) is 13.5. The van der Waals surface area contributed by atoms with Crippen molar-refractivity contribution in [3.8, 4) is 11.5 Å². The van der Waals surface area contributed by atoms with Crippen molar-refractivity contribution in [2.75, 3.05) is 17.2 Å². The van der Waals surface area contributed by atoms with Gasteiger partial charge >= 0.3 is 5.97 Å². The molecule has 132 valence electrons. The molecule has 1 aromatic carbocycles. The number of hydrogen-bond acceptors (Lipinski definition) is 8. The molecular weight excluding hydrogens is 374 g/mol. The Morgan fingerprint density at radius 2 is 2.19 bits per heavy atom. The minimum Gasteiger partial charge on any atom is -0.456 e. The highest BCUT2D eigenvalue weighted by molar-refractivity contribution is 8.00. The Morgan fingerprint density at radius 1 is 1.31 bits per heavy atom. The van der Waals surface area contributed by atoms with E-state index in [0.29, 0.717) is 11.6 Å². The quantitative estimate of drug-likeness (QED) is 0.622. The number of thioether (sulfide) groups is 1. The van der Waals surface area contributed by atoms with Crippen LogP contribution in [0.4, 0.5) is 5.69 Å². The maximum Gasteiger partial charge on any atom is 0.326 e. The summed E-state index contributed by atoms with van der Waals surface area (Å²) in [6, 6.07) is 9.35. The molecule has 3 heterocycles. The molecule has 0 unspecified atom stereocenters. The Labute approximate surface area is 157 Å². The van der Waals surface area contributed by atoms with Crippen LogP contribution in [0.5, 0.6) is 0 Å². The number of carbonyl (C=O) groups excluding carboxylic acids is 2. The number of thiophene rings is 1. The van der Waals surface area contributed by atoms with Crippen molar-refractivity contribution in [2.24, 2.45) is 0 Å². The van der Waals surface area contributed by atoms with Crippen LogP contribution < -0.4 is 4.90 Å². The molecule has 4 rings (SSSR count). The average Bonchev–Trinajstić information content (AvgIpc) is 3.34. The molecule has 1 aliphatic heterocycles. The number of ether oxygens (including phenoxy) is 1. The van der Waals surface area contributed by atoms with Gasteiger partial charge in [-0.25, -0.2) is 0 Å². The van der Waals surface area contributed by atoms with Crippen LogP contribution in [0.1, 0.15) is 5.82 Å². The summed E-state index contributed by atoms with van der Waals surface area (Å²) in [7, 11) is 0. The fourth-order valence-corrected chi connectivity index (χ4v) is 4.03. The molecule has 0 bridgehead atoms. The molecular formula is C17H13N3O4S2. The van der Waals surface area contributed by atoms with Crippen molar-refractivity contribution in [3.63, 3.8) is 0 Å². The van der Waals surface area contributed by atoms with Gasteiger partial charge in [-0.15, -0.1) is 11.8 Å². The smallest absolute Gasteiger partial charge is 0.326 e. The number of esters is 1. The maximum absolute atomic E-state index is 12.2. The van der Waals surface area contributed by atoms with E-state index >= 15 is 0 Å². The van der Waals surface area contributed by atoms with Crippen LogP contribution in [0, 0.1) is 0 Å². The van der Waals surface area contributed by atoms with E-state index in [9.17, 15) is 9.59 Å². The summed E-state index contributed by atoms with van der Waals surface area (Å²) < 4.78 is 10.3. The van der Waals surface area contributed by atoms with E-state index in [2.05, 4.69) is 10.1 Å². The minimum absolute atomic E-state index is 0.106. The Hall–Kier alpha value is -2.65. The first-order valence-electron chi connectivity index (χ1n) is 7.73. The Kier molecular flexibility index (Phi) is 4.72. The maximum atomic E-state index is 12.2. The zero-order chi connectivity index (χ0) is 17.9. The number of hydrogen-bond donors (Lipinski definition) is 0. The summed E-state index contributed by atoms with van der Waals surface area (Å²) in [6.45, 7) is -0.253. The van der Waals surface area contributed by atoms with Crippen LogP contribution in [0.3, 0.4) is 0 Å². The van der Waals surface area contributed by atoms with Gasteiger partial charge in [0.25, 0.3) is 5.89 Å². The van der Waals surface area contributed by atoms with Gasteiger partial charge in [0.15, 0.2) is 6.61 Å². The standard InChI is InChI=1S/C17H13N3O4S2/c21-15-10-26-13-4-2-1-3-12(13)20(15)7-16(22)23-8-14-18-17(24-19-14)11-5-6-25-9-11/h1-6,9H,7-8,10H2. The first-order valence-corrected chi connectivity index (χ1v) is 9.66. The number of anilines is 1. The molecule has 0 saturated heterocycles. The zero-order valence-electron chi connectivity index (χ0n) is 13.5. The topological polar surface area (TPSA) is 85.5 Å². The molecule has 0 radical (unpaired) electrons. The van der Waals surface area contributed by atoms with Crippen LogP contribution in [-0.2, 0) is 20.9 Å². The highest BCUT2D eigenvalue weighted by Crippen LogP contribution is 2.34. The summed E-state index contributed by atoms with van der Waals surface area (Å²) >= 11 is 2.99. The van der Waals surface area contributed by atoms with Crippen LogP contribution in [0.25, 0.3) is 11.5 Å². The predicted octanol–water partition coefficient (Wildman–Crippen LogP) is 2.98. The van der Waals surface area contributed by atoms with Crippen LogP contribution in [0.15, 0.2) is 50.5 Å². The van der Waals surface area contributed by atoms with Gasteiger partial charge in [-0.1, -0.05) is 17.3 Å². The lowest BCUT2D eigenvalue weighted by molar-refractivity contribution is -0.144. The second-order valence-corrected chi connectivity index (χ2v) is 7.22. The lowest BCUT2D eigenvalue weighted by atomic mass is 10.2. The second-order valence-electron chi connectivity index (χ2n) is 5.42. The van der Waals surface area contributed by atoms with Crippen molar-refractivity contribution in [3.05, 3.63) is 46.9 Å². The van der Waals surface area contributed by atoms with Crippen molar-refractivity contribution in [2.45, 2.75) is 11.5 Å². The molecule has 7 nitrogen and oxygen atoms in total. The number of carbonyl (C=O) groups is 2. The van der Waals surface area contributed by atoms with Crippen molar-refractivity contribution in [1.82, 2.24) is 10.1 Å². The number of benzene rings is 1. The molecule has 0 spiro atoms. The van der Waals surface area contributed by atoms with E-state index < -0.39 is 5.97 Å². The lowest BCUT2D eigenvalue weighted by Crippen LogP contribution is -2.39. The number of aromatic nitrogens is 2. The summed E-state index contributed by atoms with van der Waals surface area (Å²) in [5.41, 5.74) is 1.55. The molecule has 1 aliphatic rings. The molecule has 0 atom stereocenters. The van der Waals surface area contributed by atoms with Gasteiger partial charge in [-0.2, -0.15) is 16.3 Å². The summed E-state index contributed by atoms with van der Waals surface area (Å²) in [4.78, 5) is 30.9. The molecule has 26 heavy (non-hydrogen) atoms. The van der Waals surface area contributed by atoms with E-state index in [0.717, 1.165) is 16.1 Å². The van der Waals surface area contributed by atoms with Gasteiger partial charge in [-0.05, 0) is 23.6 Å². The number of nitrogens with zero attached hydrogens (tertiary/aromatic N) is 3. The third-order valence-electron chi connectivity index (χ3n) is 3.69. The highest BCUT2D eigenvalue weighted by atomic mass is 32.2. The van der Waals surface area contributed by atoms with Gasteiger partial charge in [0.1, 0.15) is 6.54 Å². The van der Waals surface area contributed by atoms with Gasteiger partial charge in [0, 0.05) is 10.3 Å². The first kappa shape index (κ1) is 16.8. The Bertz CT molecular complexity index is 939. The van der Waals surface area contributed by atoms with Crippen LogP contribution in [-0.4, -0.2) is 34.3 Å². The largest absolute Gasteiger partial charge is 0.456 e. The Morgan fingerprint density at radius 3 is 3.04 bits per heavy atom. The van der Waals surface area contributed by atoms with E-state index in [1.807, 2.05) is 41.1 Å². The van der Waals surface area contributed by atoms with Gasteiger partial charge < -0.3 is 9.26 Å². The fraction of sp³-hybridized carbons (Fsp3) is 0.176. The minimum atomic E-state index is -0.526. The second kappa shape index (κ2) is 7.30. The number of rotatable bonds is 5. The first-order chi connectivity index (χ1) is 12.7. The number of amides is 1. The summed E-state index contributed by atoms with van der Waals surface area (Å²) in [5.74, 6) is 0.320. The number of fused-ring (bicyclic) bond motifs is 1. The van der Waals surface area contributed by atoms with E-state index in [-0.39, 0.29) is 24.9 Å². The van der Waals surface area contributed by atoms with E-state index in [1.165, 1.54) is 28.0 Å². The van der Waals surface area contributed by atoms with Crippen molar-refractivity contribution in [1.29, 1.82) is 0 Å². The molecule has 0 fully saturated rings. The van der Waals surface area contributed by atoms with Crippen LogP contribution >= 0.6 is 23.1 Å². The Balaban J connectivity index is 1.38. The van der Waals surface area contributed by atoms with E-state index in [4.69, 9.17) is 9.26 Å². The molecule has 1 amide bonds. The van der Waals surface area contributed by atoms with Gasteiger partial charge in [0.2, 0.25) is 11.7 Å². The fourth-order valence-electron chi connectivity index (χ4n) is 2.46. The average molecular weight is 387 g/mol. The van der Waals surface area contributed by atoms with Crippen molar-refractivity contribution < 1.29 is 18.8 Å². The third kappa shape index (κ3) is 3.49. The molecule has 9 heteroatoms. The third-order valence-corrected chi connectivity index (χ3v) is 5.42. The van der Waals surface area contributed by atoms with Gasteiger partial charge in [0.05, 0.1) is 17.0 Å².